The Morgan fingerprint density at radius 1 is 1.33 bits per heavy atom. The molecule has 112 valence electrons. The van der Waals surface area contributed by atoms with Crippen molar-refractivity contribution in [2.24, 2.45) is 0 Å². The SMILES string of the molecule is CC(C)(C)OC(=O)N1CCC(c2coc3ccccc23)C1. The fourth-order valence-corrected chi connectivity index (χ4v) is 2.82. The molecule has 0 bridgehead atoms. The van der Waals surface area contributed by atoms with Gasteiger partial charge in [-0.05, 0) is 33.3 Å². The minimum Gasteiger partial charge on any atom is -0.464 e. The Morgan fingerprint density at radius 3 is 2.86 bits per heavy atom. The number of fused-ring (bicyclic) bond motifs is 1. The molecule has 1 atom stereocenters. The summed E-state index contributed by atoms with van der Waals surface area (Å²) in [6.07, 6.45) is 2.55. The number of benzene rings is 1. The molecule has 1 fully saturated rings. The first-order chi connectivity index (χ1) is 9.94. The van der Waals surface area contributed by atoms with Gasteiger partial charge in [0.15, 0.2) is 0 Å². The Balaban J connectivity index is 1.74. The van der Waals surface area contributed by atoms with E-state index in [1.807, 2.05) is 45.2 Å². The summed E-state index contributed by atoms with van der Waals surface area (Å²) in [4.78, 5) is 13.9. The Kier molecular flexibility index (Phi) is 3.40. The summed E-state index contributed by atoms with van der Waals surface area (Å²) in [5.41, 5.74) is 1.65. The maximum atomic E-state index is 12.1. The molecule has 1 aromatic heterocycles. The Labute approximate surface area is 124 Å². The van der Waals surface area contributed by atoms with Gasteiger partial charge >= 0.3 is 6.09 Å². The molecule has 1 unspecified atom stereocenters. The van der Waals surface area contributed by atoms with Crippen LogP contribution in [-0.4, -0.2) is 29.7 Å². The summed E-state index contributed by atoms with van der Waals surface area (Å²) in [7, 11) is 0. The van der Waals surface area contributed by atoms with Gasteiger partial charge < -0.3 is 14.1 Å². The predicted molar refractivity (Wildman–Crippen MR) is 81.4 cm³/mol. The number of hydrogen-bond acceptors (Lipinski definition) is 3. The monoisotopic (exact) mass is 287 g/mol. The van der Waals surface area contributed by atoms with E-state index in [1.165, 1.54) is 5.56 Å². The van der Waals surface area contributed by atoms with Gasteiger partial charge in [-0.25, -0.2) is 4.79 Å². The fourth-order valence-electron chi connectivity index (χ4n) is 2.82. The van der Waals surface area contributed by atoms with Gasteiger partial charge in [-0.2, -0.15) is 0 Å². The molecule has 0 N–H and O–H groups in total. The van der Waals surface area contributed by atoms with Crippen LogP contribution in [0.1, 0.15) is 38.7 Å². The van der Waals surface area contributed by atoms with Crippen molar-refractivity contribution in [2.75, 3.05) is 13.1 Å². The minimum absolute atomic E-state index is 0.224. The second-order valence-corrected chi connectivity index (χ2v) is 6.60. The third kappa shape index (κ3) is 2.89. The maximum Gasteiger partial charge on any atom is 0.410 e. The Bertz CT molecular complexity index is 653. The fraction of sp³-hybridized carbons (Fsp3) is 0.471. The second kappa shape index (κ2) is 5.10. The van der Waals surface area contributed by atoms with Crippen LogP contribution >= 0.6 is 0 Å². The third-order valence-electron chi connectivity index (χ3n) is 3.79. The van der Waals surface area contributed by atoms with Crippen LogP contribution in [0, 0.1) is 0 Å². The summed E-state index contributed by atoms with van der Waals surface area (Å²) in [5.74, 6) is 0.321. The lowest BCUT2D eigenvalue weighted by Crippen LogP contribution is -2.35. The van der Waals surface area contributed by atoms with E-state index in [4.69, 9.17) is 9.15 Å². The molecule has 4 heteroatoms. The van der Waals surface area contributed by atoms with E-state index >= 15 is 0 Å². The molecule has 21 heavy (non-hydrogen) atoms. The molecule has 2 heterocycles. The van der Waals surface area contributed by atoms with Crippen LogP contribution in [0.4, 0.5) is 4.79 Å². The van der Waals surface area contributed by atoms with Crippen molar-refractivity contribution in [1.82, 2.24) is 4.90 Å². The highest BCUT2D eigenvalue weighted by Gasteiger charge is 2.31. The van der Waals surface area contributed by atoms with Crippen molar-refractivity contribution >= 4 is 17.1 Å². The van der Waals surface area contributed by atoms with Gasteiger partial charge in [-0.3, -0.25) is 0 Å². The van der Waals surface area contributed by atoms with Crippen molar-refractivity contribution in [3.05, 3.63) is 36.1 Å². The molecule has 4 nitrogen and oxygen atoms in total. The van der Waals surface area contributed by atoms with Crippen LogP contribution in [0.15, 0.2) is 34.9 Å². The minimum atomic E-state index is -0.447. The van der Waals surface area contributed by atoms with E-state index in [9.17, 15) is 4.79 Å². The molecule has 0 spiro atoms. The van der Waals surface area contributed by atoms with Crippen LogP contribution in [0.25, 0.3) is 11.0 Å². The van der Waals surface area contributed by atoms with Crippen LogP contribution < -0.4 is 0 Å². The van der Waals surface area contributed by atoms with Gasteiger partial charge in [0.05, 0.1) is 6.26 Å². The van der Waals surface area contributed by atoms with Crippen molar-refractivity contribution in [3.63, 3.8) is 0 Å². The summed E-state index contributed by atoms with van der Waals surface area (Å²) in [6.45, 7) is 7.10. The van der Waals surface area contributed by atoms with Crippen LogP contribution in [0.5, 0.6) is 0 Å². The first-order valence-electron chi connectivity index (χ1n) is 7.38. The average molecular weight is 287 g/mol. The quantitative estimate of drug-likeness (QED) is 0.791. The molecule has 1 aliphatic rings. The molecule has 1 amide bonds. The van der Waals surface area contributed by atoms with Gasteiger partial charge in [0, 0.05) is 30.0 Å². The molecule has 2 aromatic rings. The van der Waals surface area contributed by atoms with Crippen LogP contribution in [0.2, 0.25) is 0 Å². The topological polar surface area (TPSA) is 42.7 Å². The highest BCUT2D eigenvalue weighted by atomic mass is 16.6. The number of ether oxygens (including phenoxy) is 1. The second-order valence-electron chi connectivity index (χ2n) is 6.60. The molecule has 1 aromatic carbocycles. The summed E-state index contributed by atoms with van der Waals surface area (Å²) in [6, 6.07) is 8.03. The molecular weight excluding hydrogens is 266 g/mol. The normalized spacial score (nSPS) is 19.2. The largest absolute Gasteiger partial charge is 0.464 e. The first-order valence-corrected chi connectivity index (χ1v) is 7.38. The molecular formula is C17H21NO3. The van der Waals surface area contributed by atoms with E-state index in [-0.39, 0.29) is 6.09 Å². The number of furan rings is 1. The lowest BCUT2D eigenvalue weighted by atomic mass is 9.98. The molecule has 0 radical (unpaired) electrons. The number of hydrogen-bond donors (Lipinski definition) is 0. The lowest BCUT2D eigenvalue weighted by molar-refractivity contribution is 0.0292. The smallest absolute Gasteiger partial charge is 0.410 e. The maximum absolute atomic E-state index is 12.1. The van der Waals surface area contributed by atoms with E-state index in [0.717, 1.165) is 23.9 Å². The van der Waals surface area contributed by atoms with E-state index < -0.39 is 5.60 Å². The zero-order valence-electron chi connectivity index (χ0n) is 12.8. The number of likely N-dealkylation sites (tertiary alicyclic amines) is 1. The number of amides is 1. The zero-order valence-corrected chi connectivity index (χ0v) is 12.8. The van der Waals surface area contributed by atoms with E-state index in [1.54, 1.807) is 4.90 Å². The van der Waals surface area contributed by atoms with Gasteiger partial charge in [0.2, 0.25) is 0 Å². The number of carbonyl (C=O) groups is 1. The highest BCUT2D eigenvalue weighted by molar-refractivity contribution is 5.81. The molecule has 1 saturated heterocycles. The molecule has 0 aliphatic carbocycles. The Hall–Kier alpha value is -1.97. The van der Waals surface area contributed by atoms with E-state index in [2.05, 4.69) is 6.07 Å². The molecule has 3 rings (SSSR count). The number of para-hydroxylation sites is 1. The Morgan fingerprint density at radius 2 is 2.10 bits per heavy atom. The van der Waals surface area contributed by atoms with Gasteiger partial charge in [0.1, 0.15) is 11.2 Å². The number of nitrogens with zero attached hydrogens (tertiary/aromatic N) is 1. The standard InChI is InChI=1S/C17H21NO3/c1-17(2,3)21-16(19)18-9-8-12(10-18)14-11-20-15-7-5-4-6-13(14)15/h4-7,11-12H,8-10H2,1-3H3. The molecule has 1 aliphatic heterocycles. The van der Waals surface area contributed by atoms with Gasteiger partial charge in [-0.15, -0.1) is 0 Å². The van der Waals surface area contributed by atoms with E-state index in [0.29, 0.717) is 12.5 Å². The number of carbonyl (C=O) groups excluding carboxylic acids is 1. The van der Waals surface area contributed by atoms with Crippen molar-refractivity contribution in [2.45, 2.75) is 38.7 Å². The van der Waals surface area contributed by atoms with Gasteiger partial charge in [-0.1, -0.05) is 18.2 Å². The average Bonchev–Trinajstić information content (AvgIpc) is 3.03. The van der Waals surface area contributed by atoms with Gasteiger partial charge in [0.25, 0.3) is 0 Å². The van der Waals surface area contributed by atoms with Crippen LogP contribution in [-0.2, 0) is 4.74 Å². The summed E-state index contributed by atoms with van der Waals surface area (Å²) in [5, 5.41) is 1.15. The highest BCUT2D eigenvalue weighted by Crippen LogP contribution is 2.34. The van der Waals surface area contributed by atoms with Crippen molar-refractivity contribution in [3.8, 4) is 0 Å². The van der Waals surface area contributed by atoms with Crippen LogP contribution in [0.3, 0.4) is 0 Å². The van der Waals surface area contributed by atoms with Crippen molar-refractivity contribution in [1.29, 1.82) is 0 Å². The molecule has 0 saturated carbocycles. The lowest BCUT2D eigenvalue weighted by Gasteiger charge is -2.24. The predicted octanol–water partition coefficient (Wildman–Crippen LogP) is 4.16. The number of rotatable bonds is 1. The van der Waals surface area contributed by atoms with Crippen molar-refractivity contribution < 1.29 is 13.9 Å². The first kappa shape index (κ1) is 14.0. The third-order valence-corrected chi connectivity index (χ3v) is 3.79. The zero-order chi connectivity index (χ0) is 15.0. The summed E-state index contributed by atoms with van der Waals surface area (Å²) < 4.78 is 11.0. The summed E-state index contributed by atoms with van der Waals surface area (Å²) >= 11 is 0.